The van der Waals surface area contributed by atoms with Crippen LogP contribution in [-0.4, -0.2) is 4.57 Å². The van der Waals surface area contributed by atoms with E-state index in [-0.39, 0.29) is 0 Å². The lowest BCUT2D eigenvalue weighted by Crippen LogP contribution is -2.37. The van der Waals surface area contributed by atoms with Crippen molar-refractivity contribution in [2.45, 2.75) is 25.0 Å². The summed E-state index contributed by atoms with van der Waals surface area (Å²) < 4.78 is 2.40. The monoisotopic (exact) mass is 697 g/mol. The summed E-state index contributed by atoms with van der Waals surface area (Å²) in [7, 11) is 0. The molecule has 8 aromatic carbocycles. The average molecular weight is 698 g/mol. The molecule has 0 N–H and O–H groups in total. The van der Waals surface area contributed by atoms with Gasteiger partial charge in [0.1, 0.15) is 0 Å². The molecule has 2 aliphatic rings. The van der Waals surface area contributed by atoms with Crippen LogP contribution in [0.3, 0.4) is 0 Å². The average Bonchev–Trinajstić information content (AvgIpc) is 3.54. The van der Waals surface area contributed by atoms with Crippen molar-refractivity contribution in [3.8, 4) is 27.9 Å². The molecule has 1 spiro atoms. The largest absolute Gasteiger partial charge is 0.309 e. The second-order valence-electron chi connectivity index (χ2n) is 13.6. The molecule has 3 heterocycles. The molecule has 9 aromatic rings. The van der Waals surface area contributed by atoms with E-state index in [2.05, 4.69) is 193 Å². The van der Waals surface area contributed by atoms with Gasteiger partial charge in [-0.3, -0.25) is 0 Å². The lowest BCUT2D eigenvalue weighted by molar-refractivity contribution is 0.671. The molecule has 0 saturated heterocycles. The van der Waals surface area contributed by atoms with Crippen molar-refractivity contribution in [2.75, 3.05) is 0 Å². The van der Waals surface area contributed by atoms with Crippen molar-refractivity contribution in [1.29, 1.82) is 0 Å². The highest BCUT2D eigenvalue weighted by molar-refractivity contribution is 8.00. The fourth-order valence-corrected chi connectivity index (χ4v) is 11.3. The number of rotatable bonds is 3. The van der Waals surface area contributed by atoms with Crippen LogP contribution in [0.2, 0.25) is 0 Å². The predicted octanol–water partition coefficient (Wildman–Crippen LogP) is 13.4. The molecule has 244 valence electrons. The van der Waals surface area contributed by atoms with E-state index >= 15 is 0 Å². The van der Waals surface area contributed by atoms with Crippen LogP contribution in [-0.2, 0) is 5.41 Å². The number of nitrogens with zero attached hydrogens (tertiary/aromatic N) is 1. The number of para-hydroxylation sites is 2. The van der Waals surface area contributed by atoms with Crippen molar-refractivity contribution < 1.29 is 0 Å². The fraction of sp³-hybridized carbons (Fsp3) is 0.0204. The molecule has 3 heteroatoms. The Morgan fingerprint density at radius 3 is 1.58 bits per heavy atom. The zero-order valence-electron chi connectivity index (χ0n) is 28.2. The third-order valence-corrected chi connectivity index (χ3v) is 13.2. The van der Waals surface area contributed by atoms with E-state index in [0.29, 0.717) is 0 Å². The van der Waals surface area contributed by atoms with Crippen molar-refractivity contribution in [3.05, 3.63) is 210 Å². The maximum absolute atomic E-state index is 2.44. The summed E-state index contributed by atoms with van der Waals surface area (Å²) in [6.45, 7) is 0. The topological polar surface area (TPSA) is 4.93 Å². The maximum Gasteiger partial charge on any atom is 0.0757 e. The minimum atomic E-state index is -0.551. The van der Waals surface area contributed by atoms with Gasteiger partial charge in [-0.2, -0.15) is 0 Å². The van der Waals surface area contributed by atoms with Gasteiger partial charge < -0.3 is 4.57 Å². The van der Waals surface area contributed by atoms with Crippen LogP contribution in [0.15, 0.2) is 208 Å². The van der Waals surface area contributed by atoms with Gasteiger partial charge in [-0.05, 0) is 99.1 Å². The Hall–Kier alpha value is -5.74. The zero-order valence-corrected chi connectivity index (χ0v) is 29.8. The number of fused-ring (bicyclic) bond motifs is 11. The highest BCUT2D eigenvalue weighted by Gasteiger charge is 2.51. The number of hydrogen-bond donors (Lipinski definition) is 0. The SMILES string of the molecule is c1ccc(-c2cccc3c2C2(c4ccccc4Sc4ccccc42)c2c(cccc2-c2ccc4c(c2)c2ccccc2n4-c2ccccc2)S3)cc1. The van der Waals surface area contributed by atoms with E-state index in [1.807, 2.05) is 23.5 Å². The van der Waals surface area contributed by atoms with Crippen LogP contribution in [0, 0.1) is 0 Å². The summed E-state index contributed by atoms with van der Waals surface area (Å²) in [5.41, 5.74) is 13.5. The van der Waals surface area contributed by atoms with E-state index in [1.54, 1.807) is 0 Å². The zero-order chi connectivity index (χ0) is 34.2. The Morgan fingerprint density at radius 2 is 0.885 bits per heavy atom. The van der Waals surface area contributed by atoms with Crippen LogP contribution < -0.4 is 0 Å². The second-order valence-corrected chi connectivity index (χ2v) is 15.8. The Kier molecular flexibility index (Phi) is 6.70. The standard InChI is InChI=1S/C49H31NS2/c1-3-15-32(16-4-1)35-20-13-27-45-47(35)49(39-22-8-11-25-43(39)51-44-26-12-9-23-40(44)49)48-36(21-14-28-46(48)52-45)33-29-30-42-38(31-33)37-19-7-10-24-41(37)50(42)34-17-5-2-6-18-34/h1-31H. The molecule has 0 radical (unpaired) electrons. The molecule has 0 fully saturated rings. The number of benzene rings is 8. The van der Waals surface area contributed by atoms with Crippen LogP contribution in [0.1, 0.15) is 22.3 Å². The van der Waals surface area contributed by atoms with Crippen molar-refractivity contribution in [3.63, 3.8) is 0 Å². The van der Waals surface area contributed by atoms with Crippen LogP contribution in [0.25, 0.3) is 49.7 Å². The molecule has 2 aliphatic heterocycles. The first-order valence-corrected chi connectivity index (χ1v) is 19.4. The lowest BCUT2D eigenvalue weighted by Gasteiger charge is -2.47. The van der Waals surface area contributed by atoms with Crippen LogP contribution in [0.5, 0.6) is 0 Å². The first kappa shape index (κ1) is 29.9. The fourth-order valence-electron chi connectivity index (χ4n) is 8.88. The summed E-state index contributed by atoms with van der Waals surface area (Å²) >= 11 is 3.81. The van der Waals surface area contributed by atoms with Gasteiger partial charge in [0.2, 0.25) is 0 Å². The third-order valence-electron chi connectivity index (χ3n) is 10.9. The van der Waals surface area contributed by atoms with E-state index < -0.39 is 5.41 Å². The third kappa shape index (κ3) is 4.21. The van der Waals surface area contributed by atoms with Gasteiger partial charge in [0.25, 0.3) is 0 Å². The molecule has 1 aromatic heterocycles. The molecular formula is C49H31NS2. The molecule has 0 aliphatic carbocycles. The molecule has 0 amide bonds. The summed E-state index contributed by atoms with van der Waals surface area (Å²) in [5, 5.41) is 2.52. The summed E-state index contributed by atoms with van der Waals surface area (Å²) in [6.07, 6.45) is 0. The summed E-state index contributed by atoms with van der Waals surface area (Å²) in [6, 6.07) is 69.8. The Labute approximate surface area is 311 Å². The molecular weight excluding hydrogens is 667 g/mol. The Balaban J connectivity index is 1.27. The highest BCUT2D eigenvalue weighted by Crippen LogP contribution is 2.64. The summed E-state index contributed by atoms with van der Waals surface area (Å²) in [5.74, 6) is 0. The molecule has 11 rings (SSSR count). The predicted molar refractivity (Wildman–Crippen MR) is 218 cm³/mol. The quantitative estimate of drug-likeness (QED) is 0.181. The minimum absolute atomic E-state index is 0.551. The van der Waals surface area contributed by atoms with E-state index in [1.165, 1.54) is 91.6 Å². The van der Waals surface area contributed by atoms with Gasteiger partial charge in [-0.1, -0.05) is 157 Å². The van der Waals surface area contributed by atoms with E-state index in [4.69, 9.17) is 0 Å². The second kappa shape index (κ2) is 11.6. The Bertz CT molecular complexity index is 2810. The van der Waals surface area contributed by atoms with Crippen LogP contribution in [0.4, 0.5) is 0 Å². The first-order valence-electron chi connectivity index (χ1n) is 17.8. The molecule has 1 nitrogen and oxygen atoms in total. The summed E-state index contributed by atoms with van der Waals surface area (Å²) in [4.78, 5) is 5.23. The number of hydrogen-bond acceptors (Lipinski definition) is 2. The first-order chi connectivity index (χ1) is 25.8. The van der Waals surface area contributed by atoms with Crippen LogP contribution >= 0.6 is 23.5 Å². The molecule has 0 saturated carbocycles. The van der Waals surface area contributed by atoms with E-state index in [9.17, 15) is 0 Å². The molecule has 0 atom stereocenters. The number of aromatic nitrogens is 1. The minimum Gasteiger partial charge on any atom is -0.309 e. The van der Waals surface area contributed by atoms with Gasteiger partial charge in [0.15, 0.2) is 0 Å². The molecule has 0 unspecified atom stereocenters. The van der Waals surface area contributed by atoms with Crippen molar-refractivity contribution >= 4 is 45.3 Å². The van der Waals surface area contributed by atoms with Gasteiger partial charge >= 0.3 is 0 Å². The Morgan fingerprint density at radius 1 is 0.365 bits per heavy atom. The van der Waals surface area contributed by atoms with Crippen molar-refractivity contribution in [2.24, 2.45) is 0 Å². The van der Waals surface area contributed by atoms with Gasteiger partial charge in [0, 0.05) is 36.0 Å². The normalized spacial score (nSPS) is 13.8. The van der Waals surface area contributed by atoms with Gasteiger partial charge in [0.05, 0.1) is 16.4 Å². The highest BCUT2D eigenvalue weighted by atomic mass is 32.2. The smallest absolute Gasteiger partial charge is 0.0757 e. The molecule has 0 bridgehead atoms. The maximum atomic E-state index is 2.44. The van der Waals surface area contributed by atoms with Gasteiger partial charge in [-0.25, -0.2) is 0 Å². The van der Waals surface area contributed by atoms with Gasteiger partial charge in [-0.15, -0.1) is 0 Å². The molecule has 52 heavy (non-hydrogen) atoms. The lowest BCUT2D eigenvalue weighted by atomic mass is 9.61. The van der Waals surface area contributed by atoms with E-state index in [0.717, 1.165) is 0 Å². The van der Waals surface area contributed by atoms with Crippen molar-refractivity contribution in [1.82, 2.24) is 4.57 Å².